The van der Waals surface area contributed by atoms with Gasteiger partial charge in [-0.05, 0) is 11.6 Å². The minimum Gasteiger partial charge on any atom is -0.468 e. The van der Waals surface area contributed by atoms with Gasteiger partial charge in [-0.25, -0.2) is 0 Å². The summed E-state index contributed by atoms with van der Waals surface area (Å²) in [5.74, 6) is -0.873. The monoisotopic (exact) mass is 375 g/mol. The molecule has 0 aliphatic rings. The fourth-order valence-electron chi connectivity index (χ4n) is 2.69. The van der Waals surface area contributed by atoms with Crippen molar-refractivity contribution in [1.29, 1.82) is 0 Å². The van der Waals surface area contributed by atoms with Crippen molar-refractivity contribution in [1.82, 2.24) is 15.1 Å². The van der Waals surface area contributed by atoms with Gasteiger partial charge in [0, 0.05) is 23.4 Å². The van der Waals surface area contributed by atoms with Crippen molar-refractivity contribution in [2.45, 2.75) is 6.54 Å². The van der Waals surface area contributed by atoms with Crippen molar-refractivity contribution >= 4 is 18.0 Å². The first-order valence-corrected chi connectivity index (χ1v) is 8.85. The van der Waals surface area contributed by atoms with E-state index in [0.717, 1.165) is 22.4 Å². The summed E-state index contributed by atoms with van der Waals surface area (Å²) in [6, 6.07) is 19.8. The van der Waals surface area contributed by atoms with E-state index in [1.54, 1.807) is 6.08 Å². The number of nitrogens with one attached hydrogen (secondary N) is 1. The largest absolute Gasteiger partial charge is 0.468 e. The summed E-state index contributed by atoms with van der Waals surface area (Å²) in [5.41, 5.74) is 3.70. The van der Waals surface area contributed by atoms with Crippen molar-refractivity contribution in [3.05, 3.63) is 84.1 Å². The van der Waals surface area contributed by atoms with Crippen LogP contribution in [0.2, 0.25) is 0 Å². The Morgan fingerprint density at radius 2 is 1.75 bits per heavy atom. The van der Waals surface area contributed by atoms with E-state index >= 15 is 0 Å². The van der Waals surface area contributed by atoms with Gasteiger partial charge >= 0.3 is 5.97 Å². The molecule has 0 spiro atoms. The molecule has 1 amide bonds. The fraction of sp³-hybridized carbons (Fsp3) is 0.136. The van der Waals surface area contributed by atoms with E-state index < -0.39 is 5.97 Å². The number of aromatic nitrogens is 2. The molecule has 1 N–H and O–H groups in total. The van der Waals surface area contributed by atoms with Crippen LogP contribution in [-0.2, 0) is 20.9 Å². The molecule has 0 fully saturated rings. The fourth-order valence-corrected chi connectivity index (χ4v) is 2.69. The Morgan fingerprint density at radius 1 is 1.07 bits per heavy atom. The maximum absolute atomic E-state index is 11.9. The lowest BCUT2D eigenvalue weighted by atomic mass is 10.1. The minimum atomic E-state index is -0.498. The number of methoxy groups -OCH3 is 1. The lowest BCUT2D eigenvalue weighted by Crippen LogP contribution is -2.28. The van der Waals surface area contributed by atoms with E-state index in [9.17, 15) is 9.59 Å². The molecule has 2 aromatic carbocycles. The van der Waals surface area contributed by atoms with Crippen molar-refractivity contribution in [3.63, 3.8) is 0 Å². The third-order valence-corrected chi connectivity index (χ3v) is 4.07. The molecule has 6 heteroatoms. The molecule has 142 valence electrons. The van der Waals surface area contributed by atoms with Crippen molar-refractivity contribution in [2.75, 3.05) is 13.7 Å². The standard InChI is InChI=1S/C22H21N3O3/c1-28-21(27)14-23-20(26)13-12-19-16-25(15-17-8-4-2-5-9-17)24-22(19)18-10-6-3-7-11-18/h2-13,16H,14-15H2,1H3,(H,23,26)/b13-12+. The highest BCUT2D eigenvalue weighted by Crippen LogP contribution is 2.23. The van der Waals surface area contributed by atoms with Gasteiger partial charge in [0.2, 0.25) is 5.91 Å². The predicted octanol–water partition coefficient (Wildman–Crippen LogP) is 2.90. The smallest absolute Gasteiger partial charge is 0.325 e. The lowest BCUT2D eigenvalue weighted by molar-refractivity contribution is -0.140. The average molecular weight is 375 g/mol. The Bertz CT molecular complexity index is 963. The molecule has 0 unspecified atom stereocenters. The minimum absolute atomic E-state index is 0.168. The number of hydrogen-bond donors (Lipinski definition) is 1. The Morgan fingerprint density at radius 3 is 2.43 bits per heavy atom. The molecule has 1 aromatic heterocycles. The van der Waals surface area contributed by atoms with Crippen LogP contribution in [0.4, 0.5) is 0 Å². The topological polar surface area (TPSA) is 73.2 Å². The maximum atomic E-state index is 11.9. The highest BCUT2D eigenvalue weighted by Gasteiger charge is 2.10. The number of ether oxygens (including phenoxy) is 1. The van der Waals surface area contributed by atoms with E-state index in [-0.39, 0.29) is 12.5 Å². The van der Waals surface area contributed by atoms with Crippen molar-refractivity contribution in [3.8, 4) is 11.3 Å². The van der Waals surface area contributed by atoms with Gasteiger partial charge in [0.25, 0.3) is 0 Å². The van der Waals surface area contributed by atoms with Gasteiger partial charge < -0.3 is 10.1 Å². The van der Waals surface area contributed by atoms with E-state index in [1.165, 1.54) is 13.2 Å². The van der Waals surface area contributed by atoms with E-state index in [4.69, 9.17) is 5.10 Å². The number of nitrogens with zero attached hydrogens (tertiary/aromatic N) is 2. The molecule has 1 heterocycles. The van der Waals surface area contributed by atoms with Crippen LogP contribution >= 0.6 is 0 Å². The zero-order chi connectivity index (χ0) is 19.8. The zero-order valence-electron chi connectivity index (χ0n) is 15.5. The molecule has 0 atom stereocenters. The molecular formula is C22H21N3O3. The highest BCUT2D eigenvalue weighted by atomic mass is 16.5. The van der Waals surface area contributed by atoms with Crippen molar-refractivity contribution < 1.29 is 14.3 Å². The van der Waals surface area contributed by atoms with Crippen LogP contribution in [0, 0.1) is 0 Å². The third kappa shape index (κ3) is 5.17. The maximum Gasteiger partial charge on any atom is 0.325 e. The molecule has 3 rings (SSSR count). The van der Waals surface area contributed by atoms with Gasteiger partial charge in [0.1, 0.15) is 6.54 Å². The molecule has 6 nitrogen and oxygen atoms in total. The van der Waals surface area contributed by atoms with E-state index in [0.29, 0.717) is 6.54 Å². The molecule has 0 aliphatic heterocycles. The number of hydrogen-bond acceptors (Lipinski definition) is 4. The number of carbonyl (C=O) groups excluding carboxylic acids is 2. The average Bonchev–Trinajstić information content (AvgIpc) is 3.14. The molecule has 3 aromatic rings. The number of carbonyl (C=O) groups is 2. The molecule has 0 radical (unpaired) electrons. The molecule has 0 aliphatic carbocycles. The summed E-state index contributed by atoms with van der Waals surface area (Å²) in [6.07, 6.45) is 4.99. The summed E-state index contributed by atoms with van der Waals surface area (Å²) < 4.78 is 6.36. The quantitative estimate of drug-likeness (QED) is 0.509. The van der Waals surface area contributed by atoms with Gasteiger partial charge in [-0.1, -0.05) is 60.7 Å². The number of benzene rings is 2. The second-order valence-corrected chi connectivity index (χ2v) is 6.11. The van der Waals surface area contributed by atoms with Crippen LogP contribution in [0.5, 0.6) is 0 Å². The van der Waals surface area contributed by atoms with Gasteiger partial charge in [-0.2, -0.15) is 5.10 Å². The van der Waals surface area contributed by atoms with Crippen LogP contribution in [-0.4, -0.2) is 35.3 Å². The van der Waals surface area contributed by atoms with Gasteiger partial charge in [-0.3, -0.25) is 14.3 Å². The zero-order valence-corrected chi connectivity index (χ0v) is 15.5. The second kappa shape index (κ2) is 9.32. The van der Waals surface area contributed by atoms with Gasteiger partial charge in [-0.15, -0.1) is 0 Å². The first-order valence-electron chi connectivity index (χ1n) is 8.85. The number of esters is 1. The third-order valence-electron chi connectivity index (χ3n) is 4.07. The Labute approximate surface area is 163 Å². The van der Waals surface area contributed by atoms with Crippen LogP contribution in [0.1, 0.15) is 11.1 Å². The summed E-state index contributed by atoms with van der Waals surface area (Å²) in [7, 11) is 1.28. The summed E-state index contributed by atoms with van der Waals surface area (Å²) >= 11 is 0. The summed E-state index contributed by atoms with van der Waals surface area (Å²) in [5, 5.41) is 7.18. The van der Waals surface area contributed by atoms with Gasteiger partial charge in [0.05, 0.1) is 19.3 Å². The first kappa shape index (κ1) is 19.1. The number of rotatable bonds is 7. The van der Waals surface area contributed by atoms with Crippen LogP contribution < -0.4 is 5.32 Å². The van der Waals surface area contributed by atoms with Crippen molar-refractivity contribution in [2.24, 2.45) is 0 Å². The molecule has 0 bridgehead atoms. The molecular weight excluding hydrogens is 354 g/mol. The normalized spacial score (nSPS) is 10.8. The van der Waals surface area contributed by atoms with E-state index in [2.05, 4.69) is 10.1 Å². The Kier molecular flexibility index (Phi) is 6.36. The summed E-state index contributed by atoms with van der Waals surface area (Å²) in [6.45, 7) is 0.460. The van der Waals surface area contributed by atoms with Gasteiger partial charge in [0.15, 0.2) is 0 Å². The van der Waals surface area contributed by atoms with Crippen LogP contribution in [0.3, 0.4) is 0 Å². The Balaban J connectivity index is 1.82. The molecule has 28 heavy (non-hydrogen) atoms. The Hall–Kier alpha value is -3.67. The second-order valence-electron chi connectivity index (χ2n) is 6.11. The van der Waals surface area contributed by atoms with E-state index in [1.807, 2.05) is 71.5 Å². The highest BCUT2D eigenvalue weighted by molar-refractivity contribution is 5.94. The predicted molar refractivity (Wildman–Crippen MR) is 107 cm³/mol. The van der Waals surface area contributed by atoms with Crippen LogP contribution in [0.15, 0.2) is 72.9 Å². The molecule has 0 saturated carbocycles. The SMILES string of the molecule is COC(=O)CNC(=O)/C=C/c1cn(Cc2ccccc2)nc1-c1ccccc1. The summed E-state index contributed by atoms with van der Waals surface area (Å²) in [4.78, 5) is 23.1. The van der Waals surface area contributed by atoms with Crippen LogP contribution in [0.25, 0.3) is 17.3 Å². The number of amides is 1. The molecule has 0 saturated heterocycles. The lowest BCUT2D eigenvalue weighted by Gasteiger charge is -2.01. The first-order chi connectivity index (χ1) is 13.7.